The fraction of sp³-hybridized carbons (Fsp3) is 1.00. The zero-order chi connectivity index (χ0) is 15.7. The molecule has 0 unspecified atom stereocenters. The van der Waals surface area contributed by atoms with Crippen molar-refractivity contribution in [2.24, 2.45) is 0 Å². The number of alkyl halides is 1. The molecule has 0 amide bonds. The summed E-state index contributed by atoms with van der Waals surface area (Å²) in [4.78, 5) is 2.41. The molecule has 1 fully saturated rings. The molecule has 0 bridgehead atoms. The Kier molecular flexibility index (Phi) is 15.3. The lowest BCUT2D eigenvalue weighted by Crippen LogP contribution is -2.33. The topological polar surface area (TPSA) is 52.2 Å². The van der Waals surface area contributed by atoms with Gasteiger partial charge in [0.15, 0.2) is 0 Å². The van der Waals surface area contributed by atoms with Gasteiger partial charge in [-0.1, -0.05) is 22.6 Å². The van der Waals surface area contributed by atoms with Crippen molar-refractivity contribution < 1.29 is 18.9 Å². The maximum Gasteiger partial charge on any atom is 0.0701 e. The minimum Gasteiger partial charge on any atom is -0.378 e. The van der Waals surface area contributed by atoms with Crippen molar-refractivity contribution >= 4 is 22.6 Å². The molecule has 6 nitrogen and oxygen atoms in total. The van der Waals surface area contributed by atoms with Gasteiger partial charge in [-0.2, -0.15) is 0 Å². The molecule has 22 heavy (non-hydrogen) atoms. The number of rotatable bonds is 3. The van der Waals surface area contributed by atoms with Crippen LogP contribution in [0.25, 0.3) is 0 Å². The number of hydrogen-bond acceptors (Lipinski definition) is 6. The summed E-state index contributed by atoms with van der Waals surface area (Å²) in [6.07, 6.45) is 1.21. The highest BCUT2D eigenvalue weighted by molar-refractivity contribution is 14.1. The third-order valence-electron chi connectivity index (χ3n) is 3.30. The standard InChI is InChI=1S/C15H31IN2O4/c16-2-1-5-18-6-10-21-14-12-19-8-3-17-4-9-20-13-15-22-11-7-18/h17H,1-15H2. The predicted molar refractivity (Wildman–Crippen MR) is 96.1 cm³/mol. The Morgan fingerprint density at radius 3 is 1.73 bits per heavy atom. The summed E-state index contributed by atoms with van der Waals surface area (Å²) >= 11 is 2.42. The first kappa shape index (κ1) is 20.5. The van der Waals surface area contributed by atoms with Gasteiger partial charge >= 0.3 is 0 Å². The maximum absolute atomic E-state index is 5.64. The number of hydrogen-bond donors (Lipinski definition) is 1. The Hall–Kier alpha value is 0.490. The average molecular weight is 430 g/mol. The number of nitrogens with zero attached hydrogens (tertiary/aromatic N) is 1. The molecule has 132 valence electrons. The molecule has 1 saturated heterocycles. The molecular formula is C15H31IN2O4. The minimum atomic E-state index is 0.662. The van der Waals surface area contributed by atoms with Crippen LogP contribution in [0.1, 0.15) is 6.42 Å². The van der Waals surface area contributed by atoms with Crippen molar-refractivity contribution in [3.63, 3.8) is 0 Å². The van der Waals surface area contributed by atoms with Gasteiger partial charge in [-0.05, 0) is 13.0 Å². The highest BCUT2D eigenvalue weighted by Gasteiger charge is 2.05. The van der Waals surface area contributed by atoms with E-state index in [9.17, 15) is 0 Å². The molecule has 7 heteroatoms. The Morgan fingerprint density at radius 1 is 0.727 bits per heavy atom. The highest BCUT2D eigenvalue weighted by atomic mass is 127. The molecule has 0 aromatic rings. The molecule has 0 spiro atoms. The largest absolute Gasteiger partial charge is 0.378 e. The molecule has 1 aliphatic rings. The van der Waals surface area contributed by atoms with Crippen molar-refractivity contribution in [1.29, 1.82) is 0 Å². The number of halogens is 1. The van der Waals surface area contributed by atoms with E-state index in [0.717, 1.165) is 45.9 Å². The summed E-state index contributed by atoms with van der Waals surface area (Å²) in [5.74, 6) is 0. The van der Waals surface area contributed by atoms with Gasteiger partial charge in [-0.15, -0.1) is 0 Å². The summed E-state index contributed by atoms with van der Waals surface area (Å²) in [5, 5.41) is 3.28. The first-order valence-corrected chi connectivity index (χ1v) is 9.76. The molecule has 1 N–H and O–H groups in total. The van der Waals surface area contributed by atoms with Gasteiger partial charge < -0.3 is 24.3 Å². The van der Waals surface area contributed by atoms with E-state index in [1.807, 2.05) is 0 Å². The van der Waals surface area contributed by atoms with E-state index in [1.165, 1.54) is 10.8 Å². The van der Waals surface area contributed by atoms with Gasteiger partial charge in [-0.3, -0.25) is 4.90 Å². The van der Waals surface area contributed by atoms with E-state index < -0.39 is 0 Å². The smallest absolute Gasteiger partial charge is 0.0701 e. The van der Waals surface area contributed by atoms with E-state index in [1.54, 1.807) is 0 Å². The van der Waals surface area contributed by atoms with E-state index >= 15 is 0 Å². The van der Waals surface area contributed by atoms with Crippen LogP contribution in [0.4, 0.5) is 0 Å². The summed E-state index contributed by atoms with van der Waals surface area (Å²) in [6.45, 7) is 10.3. The van der Waals surface area contributed by atoms with Gasteiger partial charge in [0.05, 0.1) is 52.9 Å². The molecule has 0 atom stereocenters. The van der Waals surface area contributed by atoms with Gasteiger partial charge in [0.1, 0.15) is 0 Å². The first-order valence-electron chi connectivity index (χ1n) is 8.23. The summed E-state index contributed by atoms with van der Waals surface area (Å²) in [7, 11) is 0. The van der Waals surface area contributed by atoms with Crippen LogP contribution in [0.15, 0.2) is 0 Å². The van der Waals surface area contributed by atoms with Crippen LogP contribution < -0.4 is 5.32 Å². The van der Waals surface area contributed by atoms with Gasteiger partial charge in [0, 0.05) is 30.6 Å². The summed E-state index contributed by atoms with van der Waals surface area (Å²) < 4.78 is 23.5. The van der Waals surface area contributed by atoms with Crippen LogP contribution in [-0.2, 0) is 18.9 Å². The predicted octanol–water partition coefficient (Wildman–Crippen LogP) is 0.783. The fourth-order valence-corrected chi connectivity index (χ4v) is 2.40. The molecule has 0 aromatic carbocycles. The third-order valence-corrected chi connectivity index (χ3v) is 4.06. The minimum absolute atomic E-state index is 0.662. The van der Waals surface area contributed by atoms with Crippen LogP contribution >= 0.6 is 22.6 Å². The van der Waals surface area contributed by atoms with Crippen molar-refractivity contribution in [1.82, 2.24) is 10.2 Å². The molecular weight excluding hydrogens is 399 g/mol. The lowest BCUT2D eigenvalue weighted by atomic mass is 10.4. The van der Waals surface area contributed by atoms with Crippen molar-refractivity contribution in [3.8, 4) is 0 Å². The fourth-order valence-electron chi connectivity index (χ4n) is 2.06. The van der Waals surface area contributed by atoms with Gasteiger partial charge in [0.25, 0.3) is 0 Å². The molecule has 0 aromatic heterocycles. The molecule has 1 rings (SSSR count). The SMILES string of the molecule is ICCCN1CCOCCOCCNCCOCCOCC1. The monoisotopic (exact) mass is 430 g/mol. The van der Waals surface area contributed by atoms with Crippen LogP contribution in [0, 0.1) is 0 Å². The summed E-state index contributed by atoms with van der Waals surface area (Å²) in [6, 6.07) is 0. The lowest BCUT2D eigenvalue weighted by molar-refractivity contribution is 0.0208. The third kappa shape index (κ3) is 13.0. The van der Waals surface area contributed by atoms with Crippen LogP contribution in [-0.4, -0.2) is 94.9 Å². The second-order valence-electron chi connectivity index (χ2n) is 5.08. The first-order chi connectivity index (χ1) is 10.9. The number of nitrogens with one attached hydrogen (secondary N) is 1. The van der Waals surface area contributed by atoms with Crippen LogP contribution in [0.5, 0.6) is 0 Å². The quantitative estimate of drug-likeness (QED) is 0.528. The highest BCUT2D eigenvalue weighted by Crippen LogP contribution is 1.96. The van der Waals surface area contributed by atoms with E-state index in [2.05, 4.69) is 32.8 Å². The second kappa shape index (κ2) is 16.4. The second-order valence-corrected chi connectivity index (χ2v) is 6.16. The van der Waals surface area contributed by atoms with Crippen LogP contribution in [0.3, 0.4) is 0 Å². The number of ether oxygens (including phenoxy) is 4. The van der Waals surface area contributed by atoms with E-state index in [0.29, 0.717) is 39.6 Å². The Bertz CT molecular complexity index is 220. The zero-order valence-corrected chi connectivity index (χ0v) is 15.7. The molecule has 0 saturated carbocycles. The van der Waals surface area contributed by atoms with Gasteiger partial charge in [0.2, 0.25) is 0 Å². The molecule has 1 heterocycles. The van der Waals surface area contributed by atoms with Crippen molar-refractivity contribution in [3.05, 3.63) is 0 Å². The Balaban J connectivity index is 2.20. The van der Waals surface area contributed by atoms with Crippen LogP contribution in [0.2, 0.25) is 0 Å². The van der Waals surface area contributed by atoms with E-state index in [-0.39, 0.29) is 0 Å². The normalized spacial score (nSPS) is 22.8. The Morgan fingerprint density at radius 2 is 1.23 bits per heavy atom. The average Bonchev–Trinajstić information content (AvgIpc) is 2.53. The zero-order valence-electron chi connectivity index (χ0n) is 13.6. The summed E-state index contributed by atoms with van der Waals surface area (Å²) in [5.41, 5.74) is 0. The lowest BCUT2D eigenvalue weighted by Gasteiger charge is -2.22. The van der Waals surface area contributed by atoms with E-state index in [4.69, 9.17) is 18.9 Å². The maximum atomic E-state index is 5.64. The molecule has 1 aliphatic heterocycles. The van der Waals surface area contributed by atoms with Crippen molar-refractivity contribution in [2.45, 2.75) is 6.42 Å². The van der Waals surface area contributed by atoms with Crippen molar-refractivity contribution in [2.75, 3.05) is 90.0 Å². The van der Waals surface area contributed by atoms with Gasteiger partial charge in [-0.25, -0.2) is 0 Å². The molecule has 0 radical (unpaired) electrons. The Labute approximate surface area is 148 Å². The molecule has 0 aliphatic carbocycles.